The predicted molar refractivity (Wildman–Crippen MR) is 126 cm³/mol. The monoisotopic (exact) mass is 459 g/mol. The van der Waals surface area contributed by atoms with Crippen LogP contribution in [0, 0.1) is 0 Å². The predicted octanol–water partition coefficient (Wildman–Crippen LogP) is 5.02. The average molecular weight is 459 g/mol. The van der Waals surface area contributed by atoms with Crippen molar-refractivity contribution in [3.8, 4) is 11.5 Å². The molecule has 7 nitrogen and oxygen atoms in total. The molecule has 0 aliphatic carbocycles. The van der Waals surface area contributed by atoms with Crippen molar-refractivity contribution in [2.24, 2.45) is 0 Å². The highest BCUT2D eigenvalue weighted by atomic mass is 16.5. The number of hydrogen-bond acceptors (Lipinski definition) is 6. The summed E-state index contributed by atoms with van der Waals surface area (Å²) in [5.74, 6) is 0.0628. The van der Waals surface area contributed by atoms with E-state index in [2.05, 4.69) is 0 Å². The molecule has 5 rings (SSSR count). The first-order valence-electron chi connectivity index (χ1n) is 11.3. The van der Waals surface area contributed by atoms with Crippen LogP contribution in [-0.4, -0.2) is 29.5 Å². The average Bonchev–Trinajstić information content (AvgIpc) is 3.45. The normalized spacial score (nSPS) is 19.3. The molecule has 1 unspecified atom stereocenters. The fourth-order valence-electron chi connectivity index (χ4n) is 4.44. The Morgan fingerprint density at radius 2 is 1.91 bits per heavy atom. The van der Waals surface area contributed by atoms with Gasteiger partial charge in [-0.05, 0) is 86.8 Å². The molecule has 1 N–H and O–H groups in total. The molecular weight excluding hydrogens is 434 g/mol. The van der Waals surface area contributed by atoms with E-state index in [0.717, 1.165) is 24.2 Å². The molecule has 0 saturated carbocycles. The Labute approximate surface area is 197 Å². The summed E-state index contributed by atoms with van der Waals surface area (Å²) in [4.78, 5) is 27.8. The van der Waals surface area contributed by atoms with Crippen LogP contribution in [0.5, 0.6) is 11.5 Å². The van der Waals surface area contributed by atoms with Gasteiger partial charge in [-0.1, -0.05) is 0 Å². The quantitative estimate of drug-likeness (QED) is 0.327. The van der Waals surface area contributed by atoms with Gasteiger partial charge in [-0.2, -0.15) is 0 Å². The van der Waals surface area contributed by atoms with E-state index in [0.29, 0.717) is 29.4 Å². The standard InChI is InChI=1S/C27H25NO6/c1-16(2)34-20-10-8-19(9-11-20)28-24(22-6-4-14-33-22)23(26(30)27(28)31)25(29)18-7-12-21-17(15-18)5-3-13-32-21/h4,6-12,14-16,24,29H,3,5,13H2,1-2H3/b25-23-. The zero-order chi connectivity index (χ0) is 23.8. The van der Waals surface area contributed by atoms with Crippen LogP contribution in [-0.2, 0) is 16.0 Å². The third-order valence-electron chi connectivity index (χ3n) is 5.93. The van der Waals surface area contributed by atoms with Gasteiger partial charge in [0.1, 0.15) is 29.1 Å². The minimum absolute atomic E-state index is 0.00483. The number of carbonyl (C=O) groups excluding carboxylic acids is 2. The Bertz CT molecular complexity index is 1260. The second-order valence-corrected chi connectivity index (χ2v) is 8.62. The van der Waals surface area contributed by atoms with Crippen molar-refractivity contribution in [2.75, 3.05) is 11.5 Å². The van der Waals surface area contributed by atoms with Crippen LogP contribution in [0.1, 0.15) is 43.2 Å². The second-order valence-electron chi connectivity index (χ2n) is 8.62. The summed E-state index contributed by atoms with van der Waals surface area (Å²) in [7, 11) is 0. The van der Waals surface area contributed by atoms with Gasteiger partial charge in [-0.3, -0.25) is 14.5 Å². The van der Waals surface area contributed by atoms with Crippen molar-refractivity contribution in [1.29, 1.82) is 0 Å². The molecule has 2 aliphatic heterocycles. The molecule has 2 aliphatic rings. The molecule has 34 heavy (non-hydrogen) atoms. The molecule has 7 heteroatoms. The topological polar surface area (TPSA) is 89.2 Å². The molecule has 1 saturated heterocycles. The van der Waals surface area contributed by atoms with E-state index < -0.39 is 17.7 Å². The Balaban J connectivity index is 1.60. The number of ketones is 1. The highest BCUT2D eigenvalue weighted by molar-refractivity contribution is 6.51. The number of rotatable bonds is 5. The third-order valence-corrected chi connectivity index (χ3v) is 5.93. The maximum Gasteiger partial charge on any atom is 0.300 e. The molecule has 174 valence electrons. The SMILES string of the molecule is CC(C)Oc1ccc(N2C(=O)C(=O)/C(=C(\O)c3ccc4c(c3)CCCO4)C2c2ccco2)cc1. The summed E-state index contributed by atoms with van der Waals surface area (Å²) < 4.78 is 17.0. The number of aryl methyl sites for hydroxylation is 1. The van der Waals surface area contributed by atoms with Crippen LogP contribution in [0.3, 0.4) is 0 Å². The Hall–Kier alpha value is -4.00. The zero-order valence-corrected chi connectivity index (χ0v) is 19.0. The number of furan rings is 1. The number of amides is 1. The molecule has 1 aromatic heterocycles. The van der Waals surface area contributed by atoms with Crippen molar-refractivity contribution in [2.45, 2.75) is 38.8 Å². The first-order valence-corrected chi connectivity index (χ1v) is 11.3. The van der Waals surface area contributed by atoms with Crippen molar-refractivity contribution < 1.29 is 28.6 Å². The van der Waals surface area contributed by atoms with Crippen molar-refractivity contribution in [1.82, 2.24) is 0 Å². The summed E-state index contributed by atoms with van der Waals surface area (Å²) in [5.41, 5.74) is 1.90. The van der Waals surface area contributed by atoms with E-state index in [4.69, 9.17) is 13.9 Å². The summed E-state index contributed by atoms with van der Waals surface area (Å²) >= 11 is 0. The summed E-state index contributed by atoms with van der Waals surface area (Å²) in [5, 5.41) is 11.3. The number of ether oxygens (including phenoxy) is 2. The van der Waals surface area contributed by atoms with Crippen LogP contribution in [0.2, 0.25) is 0 Å². The lowest BCUT2D eigenvalue weighted by molar-refractivity contribution is -0.132. The lowest BCUT2D eigenvalue weighted by Crippen LogP contribution is -2.29. The van der Waals surface area contributed by atoms with Crippen LogP contribution >= 0.6 is 0 Å². The summed E-state index contributed by atoms with van der Waals surface area (Å²) in [6, 6.07) is 14.7. The van der Waals surface area contributed by atoms with Gasteiger partial charge in [0.2, 0.25) is 0 Å². The van der Waals surface area contributed by atoms with Gasteiger partial charge in [-0.25, -0.2) is 0 Å². The van der Waals surface area contributed by atoms with Crippen LogP contribution in [0.15, 0.2) is 70.9 Å². The van der Waals surface area contributed by atoms with Crippen molar-refractivity contribution >= 4 is 23.1 Å². The molecule has 1 atom stereocenters. The Morgan fingerprint density at radius 1 is 1.12 bits per heavy atom. The minimum atomic E-state index is -0.904. The van der Waals surface area contributed by atoms with Crippen molar-refractivity contribution in [3.63, 3.8) is 0 Å². The van der Waals surface area contributed by atoms with Gasteiger partial charge in [-0.15, -0.1) is 0 Å². The number of benzene rings is 2. The van der Waals surface area contributed by atoms with E-state index in [1.165, 1.54) is 11.2 Å². The fourth-order valence-corrected chi connectivity index (χ4v) is 4.44. The molecule has 3 heterocycles. The maximum absolute atomic E-state index is 13.2. The van der Waals surface area contributed by atoms with Gasteiger partial charge < -0.3 is 19.0 Å². The van der Waals surface area contributed by atoms with E-state index in [1.54, 1.807) is 48.5 Å². The first-order chi connectivity index (χ1) is 16.4. The fraction of sp³-hybridized carbons (Fsp3) is 0.259. The second kappa shape index (κ2) is 8.74. The smallest absolute Gasteiger partial charge is 0.300 e. The lowest BCUT2D eigenvalue weighted by Gasteiger charge is -2.24. The van der Waals surface area contributed by atoms with Crippen LogP contribution in [0.4, 0.5) is 5.69 Å². The minimum Gasteiger partial charge on any atom is -0.507 e. The number of Topliss-reactive ketones (excluding diaryl/α,β-unsaturated/α-hetero) is 1. The molecule has 3 aromatic rings. The Morgan fingerprint density at radius 3 is 2.62 bits per heavy atom. The van der Waals surface area contributed by atoms with Crippen LogP contribution in [0.25, 0.3) is 5.76 Å². The number of nitrogens with zero attached hydrogens (tertiary/aromatic N) is 1. The van der Waals surface area contributed by atoms with Crippen LogP contribution < -0.4 is 14.4 Å². The molecule has 0 spiro atoms. The number of hydrogen-bond donors (Lipinski definition) is 1. The van der Waals surface area contributed by atoms with E-state index >= 15 is 0 Å². The molecule has 1 amide bonds. The zero-order valence-electron chi connectivity index (χ0n) is 19.0. The number of aliphatic hydroxyl groups excluding tert-OH is 1. The van der Waals surface area contributed by atoms with Gasteiger partial charge in [0, 0.05) is 11.3 Å². The number of carbonyl (C=O) groups is 2. The van der Waals surface area contributed by atoms with E-state index in [-0.39, 0.29) is 17.4 Å². The largest absolute Gasteiger partial charge is 0.507 e. The lowest BCUT2D eigenvalue weighted by atomic mass is 9.96. The summed E-state index contributed by atoms with van der Waals surface area (Å²) in [6.45, 7) is 4.51. The Kier molecular flexibility index (Phi) is 5.61. The molecule has 2 aromatic carbocycles. The van der Waals surface area contributed by atoms with Gasteiger partial charge in [0.25, 0.3) is 11.7 Å². The summed E-state index contributed by atoms with van der Waals surface area (Å²) in [6.07, 6.45) is 3.18. The number of fused-ring (bicyclic) bond motifs is 1. The van der Waals surface area contributed by atoms with E-state index in [1.807, 2.05) is 19.9 Å². The number of aliphatic hydroxyl groups is 1. The van der Waals surface area contributed by atoms with Gasteiger partial charge in [0.05, 0.1) is 24.5 Å². The molecule has 0 bridgehead atoms. The third kappa shape index (κ3) is 3.83. The van der Waals surface area contributed by atoms with Crippen molar-refractivity contribution in [3.05, 3.63) is 83.3 Å². The van der Waals surface area contributed by atoms with E-state index in [9.17, 15) is 14.7 Å². The molecular formula is C27H25NO6. The molecule has 0 radical (unpaired) electrons. The maximum atomic E-state index is 13.2. The molecule has 1 fully saturated rings. The first kappa shape index (κ1) is 21.8. The number of anilines is 1. The van der Waals surface area contributed by atoms with Gasteiger partial charge >= 0.3 is 0 Å². The van der Waals surface area contributed by atoms with Gasteiger partial charge in [0.15, 0.2) is 0 Å². The highest BCUT2D eigenvalue weighted by Gasteiger charge is 2.48. The highest BCUT2D eigenvalue weighted by Crippen LogP contribution is 2.43.